The van der Waals surface area contributed by atoms with Gasteiger partial charge in [-0.1, -0.05) is 163 Å². The van der Waals surface area contributed by atoms with Crippen LogP contribution in [0.1, 0.15) is 191 Å². The summed E-state index contributed by atoms with van der Waals surface area (Å²) in [4.78, 5) is 29.7. The summed E-state index contributed by atoms with van der Waals surface area (Å²) in [5, 5.41) is 23.1. The predicted octanol–water partition coefficient (Wildman–Crippen LogP) is 13.1. The zero-order valence-corrected chi connectivity index (χ0v) is 40.7. The second-order valence-electron chi connectivity index (χ2n) is 16.6. The number of carbonyl (C=O) groups is 2. The van der Waals surface area contributed by atoms with Crippen LogP contribution in [0.4, 0.5) is 0 Å². The fraction of sp³-hybridized carbons (Fsp3) is 0.556. The number of hydrogen-bond acceptors (Lipinski definition) is 6. The second kappa shape index (κ2) is 36.9. The summed E-state index contributed by atoms with van der Waals surface area (Å²) in [6.45, 7) is 0. The Labute approximate surface area is 382 Å². The Morgan fingerprint density at radius 1 is 0.393 bits per heavy atom. The van der Waals surface area contributed by atoms with Crippen LogP contribution < -0.4 is 10.2 Å². The van der Waals surface area contributed by atoms with E-state index >= 15 is 0 Å². The van der Waals surface area contributed by atoms with Gasteiger partial charge in [0.2, 0.25) is 0 Å². The first kappa shape index (κ1) is 53.4. The van der Waals surface area contributed by atoms with Crippen molar-refractivity contribution in [2.75, 3.05) is 0 Å². The molecular formula is C54H76N2O4Zn. The maximum atomic E-state index is 10.3. The number of fused-ring (bicyclic) bond motifs is 2. The van der Waals surface area contributed by atoms with Crippen LogP contribution in [0.15, 0.2) is 97.4 Å². The number of rotatable bonds is 34. The number of unbranched alkanes of at least 4 members (excludes halogenated alkanes) is 22. The molecule has 0 spiro atoms. The van der Waals surface area contributed by atoms with E-state index < -0.39 is 11.9 Å². The SMILES string of the molecule is O=C([O-])CCCCCCCC=CCCCCCCCCc1cccc2cccnc12.O=C([O-])CCCCCCCC=CCCCCCCCCc1cccc2cccnc12.[Zn+2]. The van der Waals surface area contributed by atoms with Gasteiger partial charge in [0, 0.05) is 35.1 Å². The van der Waals surface area contributed by atoms with E-state index in [1.165, 1.54) is 149 Å². The van der Waals surface area contributed by atoms with E-state index in [0.717, 1.165) is 64.2 Å². The molecule has 0 unspecified atom stereocenters. The first-order valence-corrected chi connectivity index (χ1v) is 23.9. The summed E-state index contributed by atoms with van der Waals surface area (Å²) >= 11 is 0. The van der Waals surface area contributed by atoms with Gasteiger partial charge in [0.25, 0.3) is 0 Å². The molecule has 7 heteroatoms. The van der Waals surface area contributed by atoms with Crippen LogP contribution in [0.2, 0.25) is 0 Å². The van der Waals surface area contributed by atoms with Gasteiger partial charge in [-0.2, -0.15) is 0 Å². The summed E-state index contributed by atoms with van der Waals surface area (Å²) in [7, 11) is 0. The van der Waals surface area contributed by atoms with Crippen LogP contribution >= 0.6 is 0 Å². The molecule has 0 atom stereocenters. The van der Waals surface area contributed by atoms with Crippen molar-refractivity contribution in [3.63, 3.8) is 0 Å². The van der Waals surface area contributed by atoms with E-state index in [0.29, 0.717) is 0 Å². The minimum atomic E-state index is -0.920. The van der Waals surface area contributed by atoms with Crippen molar-refractivity contribution in [3.05, 3.63) is 108 Å². The van der Waals surface area contributed by atoms with E-state index in [-0.39, 0.29) is 32.3 Å². The van der Waals surface area contributed by atoms with Gasteiger partial charge < -0.3 is 19.8 Å². The zero-order chi connectivity index (χ0) is 42.6. The molecule has 0 saturated heterocycles. The number of allylic oxidation sites excluding steroid dienone is 4. The molecule has 0 aliphatic carbocycles. The van der Waals surface area contributed by atoms with Crippen molar-refractivity contribution in [1.29, 1.82) is 0 Å². The number of carboxylic acids is 2. The molecule has 0 amide bonds. The summed E-state index contributed by atoms with van der Waals surface area (Å²) in [5.41, 5.74) is 5.11. The smallest absolute Gasteiger partial charge is 0.550 e. The average molecular weight is 883 g/mol. The monoisotopic (exact) mass is 881 g/mol. The molecule has 2 heterocycles. The van der Waals surface area contributed by atoms with Gasteiger partial charge in [0.05, 0.1) is 11.0 Å². The van der Waals surface area contributed by atoms with Gasteiger partial charge in [-0.05, 0) is 126 Å². The molecule has 0 aliphatic heterocycles. The number of hydrogen-bond donors (Lipinski definition) is 0. The molecule has 6 nitrogen and oxygen atoms in total. The molecule has 0 bridgehead atoms. The molecule has 2 aromatic heterocycles. The number of aliphatic carboxylic acids is 2. The van der Waals surface area contributed by atoms with Crippen molar-refractivity contribution in [3.8, 4) is 0 Å². The number of aryl methyl sites for hydroxylation is 2. The van der Waals surface area contributed by atoms with Gasteiger partial charge in [-0.25, -0.2) is 0 Å². The standard InChI is InChI=1S/2C27H39NO2.Zn/c2*29-26(30)22-15-13-11-9-7-5-3-1-2-4-6-8-10-12-14-18-24-19-16-20-25-21-17-23-28-27(24)25;/h2*1,3,16-17,19-21,23H,2,4-15,18,22H2,(H,29,30);/q;;+2/p-2. The van der Waals surface area contributed by atoms with E-state index in [4.69, 9.17) is 0 Å². The van der Waals surface area contributed by atoms with Gasteiger partial charge in [-0.15, -0.1) is 0 Å². The summed E-state index contributed by atoms with van der Waals surface area (Å²) < 4.78 is 0. The third-order valence-corrected chi connectivity index (χ3v) is 11.4. The molecule has 4 rings (SSSR count). The van der Waals surface area contributed by atoms with Gasteiger partial charge >= 0.3 is 19.5 Å². The Bertz CT molecular complexity index is 1630. The minimum Gasteiger partial charge on any atom is -0.550 e. The first-order chi connectivity index (χ1) is 29.5. The Kier molecular flexibility index (Phi) is 32.3. The quantitative estimate of drug-likeness (QED) is 0.0263. The van der Waals surface area contributed by atoms with Crippen LogP contribution in [-0.2, 0) is 41.9 Å². The largest absolute Gasteiger partial charge is 2.00 e. The number of aromatic nitrogens is 2. The van der Waals surface area contributed by atoms with Crippen LogP contribution in [0.5, 0.6) is 0 Å². The van der Waals surface area contributed by atoms with Gasteiger partial charge in [0.1, 0.15) is 0 Å². The van der Waals surface area contributed by atoms with Crippen molar-refractivity contribution in [2.24, 2.45) is 0 Å². The fourth-order valence-corrected chi connectivity index (χ4v) is 7.90. The third kappa shape index (κ3) is 27.1. The average Bonchev–Trinajstić information content (AvgIpc) is 3.26. The fourth-order valence-electron chi connectivity index (χ4n) is 7.90. The topological polar surface area (TPSA) is 106 Å². The predicted molar refractivity (Wildman–Crippen MR) is 248 cm³/mol. The number of benzene rings is 2. The van der Waals surface area contributed by atoms with Crippen molar-refractivity contribution >= 4 is 33.7 Å². The maximum absolute atomic E-state index is 10.3. The van der Waals surface area contributed by atoms with E-state index in [1.54, 1.807) is 0 Å². The van der Waals surface area contributed by atoms with Crippen molar-refractivity contribution in [2.45, 2.75) is 193 Å². The second-order valence-corrected chi connectivity index (χ2v) is 16.6. The number of pyridine rings is 2. The van der Waals surface area contributed by atoms with E-state index in [1.807, 2.05) is 24.5 Å². The van der Waals surface area contributed by atoms with E-state index in [2.05, 4.69) is 82.8 Å². The number of nitrogens with zero attached hydrogens (tertiary/aromatic N) is 2. The van der Waals surface area contributed by atoms with Crippen molar-refractivity contribution < 1.29 is 39.3 Å². The van der Waals surface area contributed by atoms with Crippen LogP contribution in [-0.4, -0.2) is 21.9 Å². The molecule has 0 N–H and O–H groups in total. The molecule has 61 heavy (non-hydrogen) atoms. The maximum Gasteiger partial charge on any atom is 2.00 e. The molecule has 328 valence electrons. The summed E-state index contributed by atoms with van der Waals surface area (Å²) in [6.07, 6.45) is 46.9. The number of carboxylic acid groups (broad SMARTS) is 2. The number of carbonyl (C=O) groups excluding carboxylic acids is 2. The number of para-hydroxylation sites is 2. The third-order valence-electron chi connectivity index (χ3n) is 11.4. The molecule has 0 aliphatic rings. The molecule has 0 saturated carbocycles. The van der Waals surface area contributed by atoms with Crippen LogP contribution in [0, 0.1) is 0 Å². The molecular weight excluding hydrogens is 806 g/mol. The Balaban J connectivity index is 0.000000413. The van der Waals surface area contributed by atoms with Crippen molar-refractivity contribution in [1.82, 2.24) is 9.97 Å². The Hall–Kier alpha value is -3.70. The first-order valence-electron chi connectivity index (χ1n) is 23.9. The van der Waals surface area contributed by atoms with Gasteiger partial charge in [0.15, 0.2) is 0 Å². The summed E-state index contributed by atoms with van der Waals surface area (Å²) in [6, 6.07) is 21.3. The zero-order valence-electron chi connectivity index (χ0n) is 37.7. The Morgan fingerprint density at radius 2 is 0.689 bits per heavy atom. The molecule has 0 radical (unpaired) electrons. The van der Waals surface area contributed by atoms with Crippen LogP contribution in [0.3, 0.4) is 0 Å². The van der Waals surface area contributed by atoms with Crippen LogP contribution in [0.25, 0.3) is 21.8 Å². The Morgan fingerprint density at radius 3 is 1.03 bits per heavy atom. The minimum absolute atomic E-state index is 0. The van der Waals surface area contributed by atoms with E-state index in [9.17, 15) is 19.8 Å². The normalized spacial score (nSPS) is 11.3. The molecule has 0 fully saturated rings. The molecule has 4 aromatic rings. The van der Waals surface area contributed by atoms with Gasteiger partial charge in [-0.3, -0.25) is 9.97 Å². The summed E-state index contributed by atoms with van der Waals surface area (Å²) in [5.74, 6) is -1.84. The molecule has 2 aromatic carbocycles.